The maximum atomic E-state index is 11.7. The van der Waals surface area contributed by atoms with Crippen LogP contribution < -0.4 is 10.6 Å². The number of phenols is 1. The summed E-state index contributed by atoms with van der Waals surface area (Å²) in [4.78, 5) is 22.5. The standard InChI is InChI=1S/C14H18N2O4/c1-2-3-8-6-11(8)16-14(20)15-9-4-5-10(13(18)19)12(17)7-9/h4-5,7-8,11,17H,2-3,6H2,1H3,(H,18,19)(H2,15,16,20). The van der Waals surface area contributed by atoms with Gasteiger partial charge < -0.3 is 20.8 Å². The lowest BCUT2D eigenvalue weighted by Crippen LogP contribution is -2.31. The number of carbonyl (C=O) groups excluding carboxylic acids is 1. The zero-order valence-electron chi connectivity index (χ0n) is 11.2. The number of benzene rings is 1. The molecule has 6 nitrogen and oxygen atoms in total. The number of carbonyl (C=O) groups is 2. The van der Waals surface area contributed by atoms with E-state index in [2.05, 4.69) is 17.6 Å². The van der Waals surface area contributed by atoms with Gasteiger partial charge in [0.15, 0.2) is 0 Å². The SMILES string of the molecule is CCCC1CC1NC(=O)Nc1ccc(C(=O)O)c(O)c1. The van der Waals surface area contributed by atoms with E-state index in [0.717, 1.165) is 19.3 Å². The van der Waals surface area contributed by atoms with Crippen molar-refractivity contribution in [2.45, 2.75) is 32.2 Å². The molecule has 1 aromatic carbocycles. The van der Waals surface area contributed by atoms with Crippen molar-refractivity contribution >= 4 is 17.7 Å². The third-order valence-corrected chi connectivity index (χ3v) is 3.38. The van der Waals surface area contributed by atoms with Gasteiger partial charge in [-0.2, -0.15) is 0 Å². The summed E-state index contributed by atoms with van der Waals surface area (Å²) in [5.41, 5.74) is 0.166. The van der Waals surface area contributed by atoms with Crippen LogP contribution in [0.2, 0.25) is 0 Å². The number of rotatable bonds is 5. The van der Waals surface area contributed by atoms with E-state index in [9.17, 15) is 14.7 Å². The zero-order valence-corrected chi connectivity index (χ0v) is 11.2. The summed E-state index contributed by atoms with van der Waals surface area (Å²) in [5, 5.41) is 23.7. The fraction of sp³-hybridized carbons (Fsp3) is 0.429. The summed E-state index contributed by atoms with van der Waals surface area (Å²) in [5.74, 6) is -1.02. The topological polar surface area (TPSA) is 98.7 Å². The summed E-state index contributed by atoms with van der Waals surface area (Å²) < 4.78 is 0. The maximum absolute atomic E-state index is 11.7. The molecule has 2 rings (SSSR count). The average molecular weight is 278 g/mol. The fourth-order valence-corrected chi connectivity index (χ4v) is 2.24. The molecule has 0 spiro atoms. The van der Waals surface area contributed by atoms with Crippen molar-refractivity contribution in [3.8, 4) is 5.75 Å². The first-order valence-electron chi connectivity index (χ1n) is 6.65. The van der Waals surface area contributed by atoms with Crippen LogP contribution in [-0.2, 0) is 0 Å². The average Bonchev–Trinajstić information content (AvgIpc) is 3.06. The third kappa shape index (κ3) is 3.40. The lowest BCUT2D eigenvalue weighted by molar-refractivity contribution is 0.0694. The molecular weight excluding hydrogens is 260 g/mol. The molecule has 1 saturated carbocycles. The molecule has 0 bridgehead atoms. The Hall–Kier alpha value is -2.24. The zero-order chi connectivity index (χ0) is 14.7. The number of hydrogen-bond donors (Lipinski definition) is 4. The molecule has 2 unspecified atom stereocenters. The fourth-order valence-electron chi connectivity index (χ4n) is 2.24. The minimum atomic E-state index is -1.21. The van der Waals surface area contributed by atoms with Crippen LogP contribution in [0.15, 0.2) is 18.2 Å². The molecule has 1 aliphatic carbocycles. The van der Waals surface area contributed by atoms with Crippen LogP contribution in [-0.4, -0.2) is 28.3 Å². The highest BCUT2D eigenvalue weighted by Gasteiger charge is 2.37. The monoisotopic (exact) mass is 278 g/mol. The first-order valence-corrected chi connectivity index (χ1v) is 6.65. The minimum absolute atomic E-state index is 0.193. The van der Waals surface area contributed by atoms with Gasteiger partial charge in [0.25, 0.3) is 0 Å². The molecular formula is C14H18N2O4. The third-order valence-electron chi connectivity index (χ3n) is 3.38. The molecule has 1 aliphatic rings. The molecule has 0 aliphatic heterocycles. The molecule has 4 N–H and O–H groups in total. The Labute approximate surface area is 116 Å². The van der Waals surface area contributed by atoms with Gasteiger partial charge in [-0.1, -0.05) is 13.3 Å². The summed E-state index contributed by atoms with van der Waals surface area (Å²) in [6, 6.07) is 3.81. The predicted molar refractivity (Wildman–Crippen MR) is 74.0 cm³/mol. The van der Waals surface area contributed by atoms with E-state index in [1.54, 1.807) is 0 Å². The molecule has 108 valence electrons. The molecule has 20 heavy (non-hydrogen) atoms. The van der Waals surface area contributed by atoms with E-state index in [1.807, 2.05) is 0 Å². The summed E-state index contributed by atoms with van der Waals surface area (Å²) in [6.45, 7) is 2.11. The maximum Gasteiger partial charge on any atom is 0.339 e. The van der Waals surface area contributed by atoms with Crippen LogP contribution in [0.3, 0.4) is 0 Å². The van der Waals surface area contributed by atoms with Gasteiger partial charge in [-0.05, 0) is 30.9 Å². The van der Waals surface area contributed by atoms with Crippen molar-refractivity contribution in [2.24, 2.45) is 5.92 Å². The number of carboxylic acid groups (broad SMARTS) is 1. The van der Waals surface area contributed by atoms with E-state index >= 15 is 0 Å². The van der Waals surface area contributed by atoms with E-state index in [-0.39, 0.29) is 23.4 Å². The highest BCUT2D eigenvalue weighted by atomic mass is 16.4. The Bertz CT molecular complexity index is 530. The minimum Gasteiger partial charge on any atom is -0.507 e. The first kappa shape index (κ1) is 14.2. The number of anilines is 1. The smallest absolute Gasteiger partial charge is 0.339 e. The van der Waals surface area contributed by atoms with Gasteiger partial charge in [0.1, 0.15) is 11.3 Å². The molecule has 0 radical (unpaired) electrons. The van der Waals surface area contributed by atoms with E-state index in [1.165, 1.54) is 18.2 Å². The highest BCUT2D eigenvalue weighted by Crippen LogP contribution is 2.34. The lowest BCUT2D eigenvalue weighted by Gasteiger charge is -2.08. The predicted octanol–water partition coefficient (Wildman–Crippen LogP) is 2.40. The number of carboxylic acids is 1. The molecule has 1 fully saturated rings. The number of aromatic carboxylic acids is 1. The van der Waals surface area contributed by atoms with Crippen LogP contribution in [0.1, 0.15) is 36.5 Å². The number of hydrogen-bond acceptors (Lipinski definition) is 3. The lowest BCUT2D eigenvalue weighted by atomic mass is 10.2. The van der Waals surface area contributed by atoms with Gasteiger partial charge in [0.05, 0.1) is 0 Å². The Balaban J connectivity index is 1.89. The largest absolute Gasteiger partial charge is 0.507 e. The van der Waals surface area contributed by atoms with Crippen LogP contribution in [0, 0.1) is 5.92 Å². The van der Waals surface area contributed by atoms with Crippen molar-refractivity contribution in [1.29, 1.82) is 0 Å². The van der Waals surface area contributed by atoms with E-state index in [4.69, 9.17) is 5.11 Å². The Kier molecular flexibility index (Phi) is 4.12. The Morgan fingerprint density at radius 2 is 2.15 bits per heavy atom. The van der Waals surface area contributed by atoms with Crippen molar-refractivity contribution < 1.29 is 19.8 Å². The number of amides is 2. The van der Waals surface area contributed by atoms with Gasteiger partial charge in [0.2, 0.25) is 0 Å². The van der Waals surface area contributed by atoms with Crippen molar-refractivity contribution in [1.82, 2.24) is 5.32 Å². The molecule has 1 aromatic rings. The van der Waals surface area contributed by atoms with Crippen molar-refractivity contribution in [3.63, 3.8) is 0 Å². The van der Waals surface area contributed by atoms with Crippen LogP contribution in [0.25, 0.3) is 0 Å². The molecule has 0 saturated heterocycles. The number of nitrogens with one attached hydrogen (secondary N) is 2. The summed E-state index contributed by atoms with van der Waals surface area (Å²) in [6.07, 6.45) is 3.22. The molecule has 0 aromatic heterocycles. The van der Waals surface area contributed by atoms with Gasteiger partial charge in [0, 0.05) is 17.8 Å². The van der Waals surface area contributed by atoms with Crippen molar-refractivity contribution in [3.05, 3.63) is 23.8 Å². The van der Waals surface area contributed by atoms with Crippen molar-refractivity contribution in [2.75, 3.05) is 5.32 Å². The molecule has 2 amide bonds. The van der Waals surface area contributed by atoms with Crippen LogP contribution in [0.4, 0.5) is 10.5 Å². The Morgan fingerprint density at radius 1 is 1.40 bits per heavy atom. The second-order valence-corrected chi connectivity index (χ2v) is 5.03. The second kappa shape index (κ2) is 5.81. The van der Waals surface area contributed by atoms with Crippen LogP contribution >= 0.6 is 0 Å². The van der Waals surface area contributed by atoms with Gasteiger partial charge in [-0.3, -0.25) is 0 Å². The first-order chi connectivity index (χ1) is 9.51. The Morgan fingerprint density at radius 3 is 2.75 bits per heavy atom. The summed E-state index contributed by atoms with van der Waals surface area (Å²) >= 11 is 0. The highest BCUT2D eigenvalue weighted by molar-refractivity contribution is 5.94. The molecule has 6 heteroatoms. The molecule has 2 atom stereocenters. The number of aromatic hydroxyl groups is 1. The molecule has 0 heterocycles. The normalized spacial score (nSPS) is 20.2. The second-order valence-electron chi connectivity index (χ2n) is 5.03. The van der Waals surface area contributed by atoms with Gasteiger partial charge in [-0.25, -0.2) is 9.59 Å². The van der Waals surface area contributed by atoms with E-state index < -0.39 is 5.97 Å². The van der Waals surface area contributed by atoms with Gasteiger partial charge in [-0.15, -0.1) is 0 Å². The van der Waals surface area contributed by atoms with Gasteiger partial charge >= 0.3 is 12.0 Å². The summed E-state index contributed by atoms with van der Waals surface area (Å²) in [7, 11) is 0. The quantitative estimate of drug-likeness (QED) is 0.664. The van der Waals surface area contributed by atoms with E-state index in [0.29, 0.717) is 11.6 Å². The number of urea groups is 1. The van der Waals surface area contributed by atoms with Crippen LogP contribution in [0.5, 0.6) is 5.75 Å².